The Balaban J connectivity index is 2.01. The molecule has 1 aromatic rings. The molecular formula is C10H17N3S2. The van der Waals surface area contributed by atoms with E-state index in [-0.39, 0.29) is 0 Å². The maximum atomic E-state index is 4.63. The van der Waals surface area contributed by atoms with Crippen molar-refractivity contribution in [1.82, 2.24) is 10.3 Å². The van der Waals surface area contributed by atoms with Gasteiger partial charge in [-0.15, -0.1) is 11.3 Å². The number of anilines is 1. The van der Waals surface area contributed by atoms with E-state index in [0.29, 0.717) is 0 Å². The van der Waals surface area contributed by atoms with E-state index in [0.717, 1.165) is 30.6 Å². The molecule has 0 bridgehead atoms. The van der Waals surface area contributed by atoms with Gasteiger partial charge in [0.1, 0.15) is 0 Å². The molecule has 2 heterocycles. The molecule has 0 aliphatic carbocycles. The third-order valence-electron chi connectivity index (χ3n) is 2.41. The third-order valence-corrected chi connectivity index (χ3v) is 4.50. The highest BCUT2D eigenvalue weighted by atomic mass is 32.2. The molecule has 84 valence electrons. The number of nitrogens with one attached hydrogen (secondary N) is 1. The van der Waals surface area contributed by atoms with Gasteiger partial charge in [-0.3, -0.25) is 0 Å². The predicted octanol–water partition coefficient (Wildman–Crippen LogP) is 1.80. The molecule has 0 spiro atoms. The van der Waals surface area contributed by atoms with Crippen LogP contribution in [0, 0.1) is 0 Å². The molecule has 1 saturated heterocycles. The van der Waals surface area contributed by atoms with Crippen LogP contribution in [0.2, 0.25) is 0 Å². The molecule has 15 heavy (non-hydrogen) atoms. The number of hydrogen-bond donors (Lipinski definition) is 1. The predicted molar refractivity (Wildman–Crippen MR) is 69.0 cm³/mol. The second-order valence-electron chi connectivity index (χ2n) is 3.78. The Hall–Kier alpha value is -0.260. The van der Waals surface area contributed by atoms with Crippen LogP contribution in [0.15, 0.2) is 5.38 Å². The van der Waals surface area contributed by atoms with Gasteiger partial charge in [-0.1, -0.05) is 6.92 Å². The van der Waals surface area contributed by atoms with Crippen molar-refractivity contribution >= 4 is 28.2 Å². The van der Waals surface area contributed by atoms with Gasteiger partial charge < -0.3 is 10.2 Å². The van der Waals surface area contributed by atoms with Crippen LogP contribution in [-0.2, 0) is 6.54 Å². The second-order valence-corrected chi connectivity index (χ2v) is 6.16. The fourth-order valence-corrected chi connectivity index (χ4v) is 3.57. The number of thiazole rings is 1. The molecule has 0 amide bonds. The number of rotatable bonds is 3. The zero-order valence-electron chi connectivity index (χ0n) is 9.19. The van der Waals surface area contributed by atoms with Gasteiger partial charge in [0.25, 0.3) is 0 Å². The summed E-state index contributed by atoms with van der Waals surface area (Å²) in [6.07, 6.45) is 0. The first-order chi connectivity index (χ1) is 7.29. The van der Waals surface area contributed by atoms with E-state index >= 15 is 0 Å². The molecule has 1 N–H and O–H groups in total. The number of nitrogens with zero attached hydrogens (tertiary/aromatic N) is 2. The van der Waals surface area contributed by atoms with E-state index in [1.165, 1.54) is 10.9 Å². The molecule has 1 aliphatic rings. The summed E-state index contributed by atoms with van der Waals surface area (Å²) in [7, 11) is 1.96. The summed E-state index contributed by atoms with van der Waals surface area (Å²) in [5, 5.41) is 7.20. The molecule has 5 heteroatoms. The molecule has 1 aliphatic heterocycles. The largest absolute Gasteiger partial charge is 0.346 e. The first-order valence-corrected chi connectivity index (χ1v) is 7.18. The lowest BCUT2D eigenvalue weighted by molar-refractivity contribution is 0.763. The van der Waals surface area contributed by atoms with E-state index in [4.69, 9.17) is 0 Å². The average molecular weight is 243 g/mol. The number of aromatic nitrogens is 1. The van der Waals surface area contributed by atoms with Crippen molar-refractivity contribution in [3.05, 3.63) is 11.1 Å². The van der Waals surface area contributed by atoms with Crippen molar-refractivity contribution in [1.29, 1.82) is 0 Å². The zero-order valence-corrected chi connectivity index (χ0v) is 10.8. The van der Waals surface area contributed by atoms with Crippen molar-refractivity contribution in [3.8, 4) is 0 Å². The minimum Gasteiger partial charge on any atom is -0.346 e. The first-order valence-electron chi connectivity index (χ1n) is 5.25. The van der Waals surface area contributed by atoms with Gasteiger partial charge in [0.15, 0.2) is 5.13 Å². The molecule has 0 saturated carbocycles. The highest BCUT2D eigenvalue weighted by Gasteiger charge is 2.19. The second kappa shape index (κ2) is 5.18. The van der Waals surface area contributed by atoms with Crippen LogP contribution in [-0.4, -0.2) is 36.1 Å². The molecular weight excluding hydrogens is 226 g/mol. The van der Waals surface area contributed by atoms with Gasteiger partial charge in [-0.05, 0) is 7.05 Å². The third kappa shape index (κ3) is 2.86. The fraction of sp³-hybridized carbons (Fsp3) is 0.700. The summed E-state index contributed by atoms with van der Waals surface area (Å²) >= 11 is 3.82. The quantitative estimate of drug-likeness (QED) is 0.876. The first kappa shape index (κ1) is 11.2. The Labute approximate surface area is 99.3 Å². The minimum atomic E-state index is 0.732. The molecule has 1 aromatic heterocycles. The lowest BCUT2D eigenvalue weighted by Gasteiger charge is -2.30. The maximum Gasteiger partial charge on any atom is 0.185 e. The van der Waals surface area contributed by atoms with Gasteiger partial charge in [0, 0.05) is 36.0 Å². The van der Waals surface area contributed by atoms with E-state index in [9.17, 15) is 0 Å². The zero-order chi connectivity index (χ0) is 10.7. The van der Waals surface area contributed by atoms with Crippen LogP contribution in [0.1, 0.15) is 12.6 Å². The van der Waals surface area contributed by atoms with Crippen molar-refractivity contribution < 1.29 is 0 Å². The highest BCUT2D eigenvalue weighted by molar-refractivity contribution is 8.00. The smallest absolute Gasteiger partial charge is 0.185 e. The van der Waals surface area contributed by atoms with Crippen LogP contribution < -0.4 is 10.2 Å². The topological polar surface area (TPSA) is 28.2 Å². The summed E-state index contributed by atoms with van der Waals surface area (Å²) in [6, 6.07) is 0. The van der Waals surface area contributed by atoms with Crippen LogP contribution in [0.5, 0.6) is 0 Å². The summed E-state index contributed by atoms with van der Waals surface area (Å²) in [4.78, 5) is 7.04. The Morgan fingerprint density at radius 3 is 3.27 bits per heavy atom. The van der Waals surface area contributed by atoms with Gasteiger partial charge in [-0.25, -0.2) is 4.98 Å². The Bertz CT molecular complexity index is 313. The Morgan fingerprint density at radius 1 is 1.67 bits per heavy atom. The van der Waals surface area contributed by atoms with Crippen molar-refractivity contribution in [2.24, 2.45) is 0 Å². The minimum absolute atomic E-state index is 0.732. The van der Waals surface area contributed by atoms with Crippen LogP contribution >= 0.6 is 23.1 Å². The summed E-state index contributed by atoms with van der Waals surface area (Å²) in [6.45, 7) is 5.44. The van der Waals surface area contributed by atoms with Crippen LogP contribution in [0.4, 0.5) is 5.13 Å². The molecule has 3 nitrogen and oxygen atoms in total. The number of hydrogen-bond acceptors (Lipinski definition) is 5. The van der Waals surface area contributed by atoms with Gasteiger partial charge in [-0.2, -0.15) is 11.8 Å². The van der Waals surface area contributed by atoms with Gasteiger partial charge in [0.05, 0.1) is 5.69 Å². The Kier molecular flexibility index (Phi) is 3.88. The van der Waals surface area contributed by atoms with Crippen molar-refractivity contribution in [2.45, 2.75) is 18.7 Å². The molecule has 1 atom stereocenters. The Morgan fingerprint density at radius 2 is 2.53 bits per heavy atom. The summed E-state index contributed by atoms with van der Waals surface area (Å²) in [5.41, 5.74) is 1.16. The van der Waals surface area contributed by atoms with Gasteiger partial charge in [0.2, 0.25) is 0 Å². The van der Waals surface area contributed by atoms with E-state index in [2.05, 4.69) is 39.3 Å². The lowest BCUT2D eigenvalue weighted by atomic mass is 10.4. The number of thioether (sulfide) groups is 1. The highest BCUT2D eigenvalue weighted by Crippen LogP contribution is 2.26. The lowest BCUT2D eigenvalue weighted by Crippen LogP contribution is -2.36. The van der Waals surface area contributed by atoms with Gasteiger partial charge >= 0.3 is 0 Å². The average Bonchev–Trinajstić information content (AvgIpc) is 2.67. The van der Waals surface area contributed by atoms with Crippen LogP contribution in [0.25, 0.3) is 0 Å². The fourth-order valence-electron chi connectivity index (χ4n) is 1.70. The molecule has 2 rings (SSSR count). The van der Waals surface area contributed by atoms with E-state index in [1.807, 2.05) is 7.05 Å². The van der Waals surface area contributed by atoms with E-state index in [1.54, 1.807) is 11.3 Å². The maximum absolute atomic E-state index is 4.63. The normalized spacial score (nSPS) is 22.0. The SMILES string of the molecule is CNCc1csc(N2CCSC(C)C2)n1. The summed E-state index contributed by atoms with van der Waals surface area (Å²) in [5.74, 6) is 1.22. The monoisotopic (exact) mass is 243 g/mol. The summed E-state index contributed by atoms with van der Waals surface area (Å²) < 4.78 is 0. The molecule has 0 aromatic carbocycles. The standard InChI is InChI=1S/C10H17N3S2/c1-8-6-13(3-4-14-8)10-12-9(5-11-2)7-15-10/h7-8,11H,3-6H2,1-2H3. The van der Waals surface area contributed by atoms with E-state index < -0.39 is 0 Å². The van der Waals surface area contributed by atoms with Crippen molar-refractivity contribution in [2.75, 3.05) is 30.8 Å². The molecule has 1 fully saturated rings. The van der Waals surface area contributed by atoms with Crippen LogP contribution in [0.3, 0.4) is 0 Å². The van der Waals surface area contributed by atoms with Crippen molar-refractivity contribution in [3.63, 3.8) is 0 Å². The molecule has 0 radical (unpaired) electrons. The molecule has 1 unspecified atom stereocenters.